The number of carbonyl (C=O) groups excluding carboxylic acids is 1. The highest BCUT2D eigenvalue weighted by atomic mass is 35.5. The van der Waals surface area contributed by atoms with E-state index in [1.807, 2.05) is 0 Å². The molecule has 0 fully saturated rings. The fourth-order valence-corrected chi connectivity index (χ4v) is 2.50. The fraction of sp³-hybridized carbons (Fsp3) is 0.0556. The van der Waals surface area contributed by atoms with Crippen molar-refractivity contribution in [2.45, 2.75) is 6.92 Å². The lowest BCUT2D eigenvalue weighted by atomic mass is 10.2. The summed E-state index contributed by atoms with van der Waals surface area (Å²) in [5.41, 5.74) is 1.61. The molecule has 9 heteroatoms. The van der Waals surface area contributed by atoms with Crippen LogP contribution in [-0.2, 0) is 0 Å². The lowest BCUT2D eigenvalue weighted by Gasteiger charge is -2.06. The van der Waals surface area contributed by atoms with E-state index in [4.69, 9.17) is 23.8 Å². The number of aromatic amines is 1. The smallest absolute Gasteiger partial charge is 0.296 e. The number of amides is 1. The minimum absolute atomic E-state index is 0.0917. The molecule has 1 amide bonds. The zero-order valence-electron chi connectivity index (χ0n) is 14.1. The van der Waals surface area contributed by atoms with E-state index in [1.54, 1.807) is 55.5 Å². The quantitative estimate of drug-likeness (QED) is 0.519. The van der Waals surface area contributed by atoms with Crippen LogP contribution >= 0.6 is 23.8 Å². The van der Waals surface area contributed by atoms with E-state index in [0.29, 0.717) is 21.8 Å². The van der Waals surface area contributed by atoms with Crippen molar-refractivity contribution in [3.8, 4) is 0 Å². The van der Waals surface area contributed by atoms with Gasteiger partial charge in [-0.1, -0.05) is 23.7 Å². The molecule has 136 valence electrons. The molecular formula is C18H14ClN5O2S. The van der Waals surface area contributed by atoms with E-state index in [0.717, 1.165) is 4.68 Å². The predicted molar refractivity (Wildman–Crippen MR) is 107 cm³/mol. The van der Waals surface area contributed by atoms with Gasteiger partial charge in [-0.05, 0) is 61.1 Å². The maximum Gasteiger partial charge on any atom is 0.296 e. The SMILES string of the molecule is Cc1n[nH]c(=S)n(/N=C/c2cccc(NC(=O)c3ccc(Cl)cc3)c2)c1=O. The van der Waals surface area contributed by atoms with Crippen molar-refractivity contribution in [3.05, 3.63) is 85.5 Å². The average Bonchev–Trinajstić information content (AvgIpc) is 2.66. The van der Waals surface area contributed by atoms with Crippen LogP contribution in [0.1, 0.15) is 21.6 Å². The van der Waals surface area contributed by atoms with Crippen molar-refractivity contribution in [1.82, 2.24) is 14.9 Å². The number of H-pyrrole nitrogens is 1. The van der Waals surface area contributed by atoms with Crippen molar-refractivity contribution in [2.75, 3.05) is 5.32 Å². The third-order valence-electron chi connectivity index (χ3n) is 3.59. The molecule has 7 nitrogen and oxygen atoms in total. The van der Waals surface area contributed by atoms with Crippen LogP contribution in [0.4, 0.5) is 5.69 Å². The van der Waals surface area contributed by atoms with Crippen LogP contribution in [0, 0.1) is 11.7 Å². The molecule has 1 aromatic heterocycles. The molecule has 0 aliphatic carbocycles. The van der Waals surface area contributed by atoms with Gasteiger partial charge in [-0.2, -0.15) is 14.9 Å². The summed E-state index contributed by atoms with van der Waals surface area (Å²) < 4.78 is 1.14. The van der Waals surface area contributed by atoms with Gasteiger partial charge in [0.15, 0.2) is 0 Å². The van der Waals surface area contributed by atoms with E-state index < -0.39 is 5.56 Å². The fourth-order valence-electron chi connectivity index (χ4n) is 2.20. The molecule has 0 spiro atoms. The Kier molecular flexibility index (Phi) is 5.58. The second kappa shape index (κ2) is 8.07. The molecule has 1 heterocycles. The first-order valence-corrected chi connectivity index (χ1v) is 8.62. The minimum Gasteiger partial charge on any atom is -0.322 e. The van der Waals surface area contributed by atoms with Crippen LogP contribution in [0.3, 0.4) is 0 Å². The van der Waals surface area contributed by atoms with Crippen LogP contribution < -0.4 is 10.9 Å². The van der Waals surface area contributed by atoms with Gasteiger partial charge in [0.2, 0.25) is 4.77 Å². The van der Waals surface area contributed by atoms with E-state index in [2.05, 4.69) is 20.6 Å². The van der Waals surface area contributed by atoms with Gasteiger partial charge in [-0.3, -0.25) is 14.7 Å². The normalized spacial score (nSPS) is 10.9. The molecule has 0 saturated carbocycles. The molecule has 0 bridgehead atoms. The van der Waals surface area contributed by atoms with Gasteiger partial charge in [0.25, 0.3) is 11.5 Å². The molecule has 3 rings (SSSR count). The molecule has 0 unspecified atom stereocenters. The largest absolute Gasteiger partial charge is 0.322 e. The molecule has 0 saturated heterocycles. The number of hydrogen-bond acceptors (Lipinski definition) is 5. The summed E-state index contributed by atoms with van der Waals surface area (Å²) in [7, 11) is 0. The summed E-state index contributed by atoms with van der Waals surface area (Å²) >= 11 is 10.9. The number of halogens is 1. The van der Waals surface area contributed by atoms with E-state index in [9.17, 15) is 9.59 Å². The minimum atomic E-state index is -0.401. The molecule has 2 N–H and O–H groups in total. The zero-order valence-corrected chi connectivity index (χ0v) is 15.7. The number of nitrogens with zero attached hydrogens (tertiary/aromatic N) is 3. The Bertz CT molecular complexity index is 1140. The zero-order chi connectivity index (χ0) is 19.4. The first-order chi connectivity index (χ1) is 12.9. The molecule has 2 aromatic carbocycles. The molecule has 3 aromatic rings. The summed E-state index contributed by atoms with van der Waals surface area (Å²) in [4.78, 5) is 24.3. The summed E-state index contributed by atoms with van der Waals surface area (Å²) in [6.07, 6.45) is 1.47. The van der Waals surface area contributed by atoms with Crippen molar-refractivity contribution in [2.24, 2.45) is 5.10 Å². The maximum absolute atomic E-state index is 12.3. The van der Waals surface area contributed by atoms with Crippen LogP contribution in [-0.4, -0.2) is 27.0 Å². The van der Waals surface area contributed by atoms with Gasteiger partial charge in [-0.25, -0.2) is 0 Å². The third-order valence-corrected chi connectivity index (χ3v) is 4.10. The Hall–Kier alpha value is -3.10. The number of carbonyl (C=O) groups is 1. The summed E-state index contributed by atoms with van der Waals surface area (Å²) in [5.74, 6) is -0.260. The van der Waals surface area contributed by atoms with Crippen molar-refractivity contribution in [3.63, 3.8) is 0 Å². The number of aromatic nitrogens is 3. The Morgan fingerprint density at radius 2 is 2.04 bits per heavy atom. The molecule has 0 aliphatic rings. The summed E-state index contributed by atoms with van der Waals surface area (Å²) in [6, 6.07) is 13.6. The molecule has 0 radical (unpaired) electrons. The number of rotatable bonds is 4. The lowest BCUT2D eigenvalue weighted by Crippen LogP contribution is -2.22. The standard InChI is InChI=1S/C18H14ClN5O2S/c1-11-17(26)24(18(27)23-22-11)20-10-12-3-2-4-15(9-12)21-16(25)13-5-7-14(19)8-6-13/h2-10H,1H3,(H,21,25)(H,23,27)/b20-10+. The summed E-state index contributed by atoms with van der Waals surface area (Å²) in [6.45, 7) is 1.56. The van der Waals surface area contributed by atoms with Crippen LogP contribution in [0.25, 0.3) is 0 Å². The average molecular weight is 400 g/mol. The van der Waals surface area contributed by atoms with E-state index >= 15 is 0 Å². The second-order valence-corrected chi connectivity index (χ2v) is 6.39. The monoisotopic (exact) mass is 399 g/mol. The highest BCUT2D eigenvalue weighted by molar-refractivity contribution is 7.71. The molecule has 0 aliphatic heterocycles. The highest BCUT2D eigenvalue weighted by Gasteiger charge is 2.06. The van der Waals surface area contributed by atoms with Crippen LogP contribution in [0.5, 0.6) is 0 Å². The summed E-state index contributed by atoms with van der Waals surface area (Å²) in [5, 5.41) is 13.8. The second-order valence-electron chi connectivity index (χ2n) is 5.56. The molecular weight excluding hydrogens is 386 g/mol. The van der Waals surface area contributed by atoms with E-state index in [-0.39, 0.29) is 16.4 Å². The van der Waals surface area contributed by atoms with E-state index in [1.165, 1.54) is 6.21 Å². The van der Waals surface area contributed by atoms with Gasteiger partial charge in [0, 0.05) is 16.3 Å². The number of hydrogen-bond donors (Lipinski definition) is 2. The topological polar surface area (TPSA) is 92.1 Å². The van der Waals surface area contributed by atoms with Gasteiger partial charge < -0.3 is 5.32 Å². The lowest BCUT2D eigenvalue weighted by molar-refractivity contribution is 0.102. The number of aryl methyl sites for hydroxylation is 1. The number of benzene rings is 2. The Labute approximate surface area is 164 Å². The van der Waals surface area contributed by atoms with Crippen molar-refractivity contribution >= 4 is 41.6 Å². The Balaban J connectivity index is 1.81. The maximum atomic E-state index is 12.3. The first kappa shape index (κ1) is 18.7. The van der Waals surface area contributed by atoms with Crippen LogP contribution in [0.2, 0.25) is 5.02 Å². The van der Waals surface area contributed by atoms with Gasteiger partial charge >= 0.3 is 0 Å². The number of anilines is 1. The predicted octanol–water partition coefficient (Wildman–Crippen LogP) is 3.40. The molecule has 0 atom stereocenters. The van der Waals surface area contributed by atoms with Crippen molar-refractivity contribution < 1.29 is 4.79 Å². The van der Waals surface area contributed by atoms with Gasteiger partial charge in [0.05, 0.1) is 6.21 Å². The van der Waals surface area contributed by atoms with Crippen molar-refractivity contribution in [1.29, 1.82) is 0 Å². The third kappa shape index (κ3) is 4.55. The molecule has 27 heavy (non-hydrogen) atoms. The van der Waals surface area contributed by atoms with Gasteiger partial charge in [-0.15, -0.1) is 0 Å². The highest BCUT2D eigenvalue weighted by Crippen LogP contribution is 2.13. The van der Waals surface area contributed by atoms with Crippen LogP contribution in [0.15, 0.2) is 58.4 Å². The van der Waals surface area contributed by atoms with Gasteiger partial charge in [0.1, 0.15) is 5.69 Å². The number of nitrogens with one attached hydrogen (secondary N) is 2. The first-order valence-electron chi connectivity index (χ1n) is 7.84. The Morgan fingerprint density at radius 1 is 1.30 bits per heavy atom. The Morgan fingerprint density at radius 3 is 2.78 bits per heavy atom.